The third-order valence-electron chi connectivity index (χ3n) is 3.94. The highest BCUT2D eigenvalue weighted by Gasteiger charge is 2.32. The Balaban J connectivity index is 2.25. The summed E-state index contributed by atoms with van der Waals surface area (Å²) in [6.07, 6.45) is 0.251. The smallest absolute Gasteiger partial charge is 0.310 e. The summed E-state index contributed by atoms with van der Waals surface area (Å²) in [5.41, 5.74) is 0.140. The van der Waals surface area contributed by atoms with E-state index in [0.29, 0.717) is 11.5 Å². The molecule has 0 radical (unpaired) electrons. The maximum absolute atomic E-state index is 12.9. The van der Waals surface area contributed by atoms with E-state index in [9.17, 15) is 13.2 Å². The van der Waals surface area contributed by atoms with Crippen molar-refractivity contribution in [3.63, 3.8) is 0 Å². The maximum Gasteiger partial charge on any atom is 0.416 e. The van der Waals surface area contributed by atoms with Crippen LogP contribution < -0.4 is 5.32 Å². The first-order chi connectivity index (χ1) is 9.41. The molecule has 0 saturated heterocycles. The molecule has 5 heteroatoms. The first-order valence-electron chi connectivity index (χ1n) is 7.01. The van der Waals surface area contributed by atoms with Crippen molar-refractivity contribution in [2.45, 2.75) is 44.8 Å². The van der Waals surface area contributed by atoms with Gasteiger partial charge in [0, 0.05) is 10.5 Å². The van der Waals surface area contributed by atoms with Gasteiger partial charge in [0.05, 0.1) is 5.56 Å². The van der Waals surface area contributed by atoms with Gasteiger partial charge in [-0.25, -0.2) is 0 Å². The van der Waals surface area contributed by atoms with Crippen LogP contribution in [-0.4, -0.2) is 6.54 Å². The largest absolute Gasteiger partial charge is 0.416 e. The van der Waals surface area contributed by atoms with E-state index in [1.807, 2.05) is 6.92 Å². The van der Waals surface area contributed by atoms with Crippen LogP contribution in [0.1, 0.15) is 49.8 Å². The van der Waals surface area contributed by atoms with E-state index in [-0.39, 0.29) is 6.04 Å². The molecule has 1 aliphatic carbocycles. The van der Waals surface area contributed by atoms with E-state index in [1.54, 1.807) is 0 Å². The Kier molecular flexibility index (Phi) is 5.13. The third kappa shape index (κ3) is 3.76. The Morgan fingerprint density at radius 1 is 1.35 bits per heavy atom. The van der Waals surface area contributed by atoms with Gasteiger partial charge in [-0.05, 0) is 42.6 Å². The van der Waals surface area contributed by atoms with Gasteiger partial charge in [0.25, 0.3) is 0 Å². The van der Waals surface area contributed by atoms with Gasteiger partial charge in [0.15, 0.2) is 0 Å². The number of benzene rings is 1. The highest BCUT2D eigenvalue weighted by atomic mass is 79.9. The Labute approximate surface area is 126 Å². The van der Waals surface area contributed by atoms with Crippen LogP contribution in [0.15, 0.2) is 22.7 Å². The SMILES string of the molecule is CCNC(CC1CCC1)c1cc(C(F)(F)F)ccc1Br. The van der Waals surface area contributed by atoms with Gasteiger partial charge in [-0.15, -0.1) is 0 Å². The first kappa shape index (κ1) is 15.8. The molecule has 2 rings (SSSR count). The van der Waals surface area contributed by atoms with Gasteiger partial charge in [0.1, 0.15) is 0 Å². The van der Waals surface area contributed by atoms with Crippen molar-refractivity contribution < 1.29 is 13.2 Å². The quantitative estimate of drug-likeness (QED) is 0.759. The third-order valence-corrected chi connectivity index (χ3v) is 4.67. The fraction of sp³-hybridized carbons (Fsp3) is 0.600. The minimum atomic E-state index is -4.29. The minimum Gasteiger partial charge on any atom is -0.310 e. The standard InChI is InChI=1S/C15H19BrF3N/c1-2-20-14(8-10-4-3-5-10)12-9-11(15(17,18)19)6-7-13(12)16/h6-7,9-10,14,20H,2-5,8H2,1H3. The molecule has 1 saturated carbocycles. The van der Waals surface area contributed by atoms with Crippen molar-refractivity contribution in [3.05, 3.63) is 33.8 Å². The van der Waals surface area contributed by atoms with Crippen LogP contribution in [-0.2, 0) is 6.18 Å². The van der Waals surface area contributed by atoms with E-state index in [1.165, 1.54) is 31.4 Å². The summed E-state index contributed by atoms with van der Waals surface area (Å²) in [6, 6.07) is 3.89. The molecule has 1 unspecified atom stereocenters. The summed E-state index contributed by atoms with van der Waals surface area (Å²) in [4.78, 5) is 0. The van der Waals surface area contributed by atoms with Crippen molar-refractivity contribution in [2.75, 3.05) is 6.54 Å². The fourth-order valence-corrected chi connectivity index (χ4v) is 3.14. The van der Waals surface area contributed by atoms with Gasteiger partial charge in [-0.1, -0.05) is 42.1 Å². The van der Waals surface area contributed by atoms with Crippen LogP contribution in [0, 0.1) is 5.92 Å². The number of nitrogens with one attached hydrogen (secondary N) is 1. The van der Waals surface area contributed by atoms with Crippen LogP contribution in [0.2, 0.25) is 0 Å². The maximum atomic E-state index is 12.9. The fourth-order valence-electron chi connectivity index (χ4n) is 2.62. The highest BCUT2D eigenvalue weighted by molar-refractivity contribution is 9.10. The van der Waals surface area contributed by atoms with Gasteiger partial charge in [0.2, 0.25) is 0 Å². The number of alkyl halides is 3. The molecule has 1 fully saturated rings. The molecule has 1 aliphatic rings. The average Bonchev–Trinajstić information content (AvgIpc) is 2.31. The number of hydrogen-bond acceptors (Lipinski definition) is 1. The second-order valence-electron chi connectivity index (χ2n) is 5.38. The summed E-state index contributed by atoms with van der Waals surface area (Å²) < 4.78 is 39.3. The lowest BCUT2D eigenvalue weighted by Gasteiger charge is -2.31. The molecular weight excluding hydrogens is 331 g/mol. The topological polar surface area (TPSA) is 12.0 Å². The van der Waals surface area contributed by atoms with Crippen molar-refractivity contribution in [2.24, 2.45) is 5.92 Å². The Morgan fingerprint density at radius 2 is 2.05 bits per heavy atom. The summed E-state index contributed by atoms with van der Waals surface area (Å²) in [7, 11) is 0. The zero-order valence-corrected chi connectivity index (χ0v) is 13.0. The molecule has 1 nitrogen and oxygen atoms in total. The van der Waals surface area contributed by atoms with E-state index in [4.69, 9.17) is 0 Å². The predicted molar refractivity (Wildman–Crippen MR) is 77.5 cm³/mol. The molecule has 0 aromatic heterocycles. The summed E-state index contributed by atoms with van der Waals surface area (Å²) in [6.45, 7) is 2.73. The van der Waals surface area contributed by atoms with Crippen molar-refractivity contribution >= 4 is 15.9 Å². The second kappa shape index (κ2) is 6.48. The van der Waals surface area contributed by atoms with Gasteiger partial charge < -0.3 is 5.32 Å². The molecule has 1 N–H and O–H groups in total. The van der Waals surface area contributed by atoms with Crippen LogP contribution in [0.4, 0.5) is 13.2 Å². The number of halogens is 4. The average molecular weight is 350 g/mol. The molecule has 0 spiro atoms. The van der Waals surface area contributed by atoms with Crippen LogP contribution >= 0.6 is 15.9 Å². The van der Waals surface area contributed by atoms with Crippen LogP contribution in [0.25, 0.3) is 0 Å². The lowest BCUT2D eigenvalue weighted by atomic mass is 9.79. The Hall–Kier alpha value is -0.550. The molecule has 0 amide bonds. The molecule has 112 valence electrons. The monoisotopic (exact) mass is 349 g/mol. The predicted octanol–water partition coefficient (Wildman–Crippen LogP) is 5.31. The summed E-state index contributed by atoms with van der Waals surface area (Å²) >= 11 is 3.39. The van der Waals surface area contributed by atoms with Gasteiger partial charge in [-0.3, -0.25) is 0 Å². The van der Waals surface area contributed by atoms with Crippen molar-refractivity contribution in [3.8, 4) is 0 Å². The van der Waals surface area contributed by atoms with Crippen LogP contribution in [0.5, 0.6) is 0 Å². The lowest BCUT2D eigenvalue weighted by molar-refractivity contribution is -0.137. The summed E-state index contributed by atoms with van der Waals surface area (Å²) in [5, 5.41) is 3.32. The molecule has 0 heterocycles. The lowest BCUT2D eigenvalue weighted by Crippen LogP contribution is -2.26. The molecular formula is C15H19BrF3N. The van der Waals surface area contributed by atoms with E-state index in [2.05, 4.69) is 21.2 Å². The van der Waals surface area contributed by atoms with Gasteiger partial charge >= 0.3 is 6.18 Å². The van der Waals surface area contributed by atoms with Crippen LogP contribution in [0.3, 0.4) is 0 Å². The molecule has 1 atom stereocenters. The Bertz CT molecular complexity index is 455. The number of rotatable bonds is 5. The van der Waals surface area contributed by atoms with Gasteiger partial charge in [-0.2, -0.15) is 13.2 Å². The van der Waals surface area contributed by atoms with Crippen molar-refractivity contribution in [1.29, 1.82) is 0 Å². The number of hydrogen-bond donors (Lipinski definition) is 1. The molecule has 1 aromatic rings. The molecule has 0 bridgehead atoms. The normalized spacial score (nSPS) is 17.9. The second-order valence-corrected chi connectivity index (χ2v) is 6.23. The molecule has 1 aromatic carbocycles. The Morgan fingerprint density at radius 3 is 2.55 bits per heavy atom. The van der Waals surface area contributed by atoms with E-state index < -0.39 is 11.7 Å². The molecule has 20 heavy (non-hydrogen) atoms. The van der Waals surface area contributed by atoms with E-state index in [0.717, 1.165) is 23.5 Å². The summed E-state index contributed by atoms with van der Waals surface area (Å²) in [5.74, 6) is 0.639. The van der Waals surface area contributed by atoms with E-state index >= 15 is 0 Å². The first-order valence-corrected chi connectivity index (χ1v) is 7.81. The van der Waals surface area contributed by atoms with Crippen molar-refractivity contribution in [1.82, 2.24) is 5.32 Å². The highest BCUT2D eigenvalue weighted by Crippen LogP contribution is 2.39. The minimum absolute atomic E-state index is 0.0121. The molecule has 0 aliphatic heterocycles. The zero-order valence-electron chi connectivity index (χ0n) is 11.4. The zero-order chi connectivity index (χ0) is 14.8.